The molecule has 0 saturated carbocycles. The van der Waals surface area contributed by atoms with Crippen LogP contribution in [-0.2, 0) is 6.54 Å². The van der Waals surface area contributed by atoms with E-state index in [9.17, 15) is 4.79 Å². The molecule has 0 heterocycles. The SMILES string of the molecule is Cc1ccccc1C(=O)NCc1ccc(B(O)O)cc1. The first-order valence-electron chi connectivity index (χ1n) is 6.37. The molecule has 5 heteroatoms. The molecule has 0 aliphatic carbocycles. The quantitative estimate of drug-likeness (QED) is 0.712. The van der Waals surface area contributed by atoms with Crippen LogP contribution in [0, 0.1) is 6.92 Å². The fourth-order valence-electron chi connectivity index (χ4n) is 1.91. The molecule has 20 heavy (non-hydrogen) atoms. The van der Waals surface area contributed by atoms with Crippen molar-refractivity contribution in [3.8, 4) is 0 Å². The summed E-state index contributed by atoms with van der Waals surface area (Å²) >= 11 is 0. The summed E-state index contributed by atoms with van der Waals surface area (Å²) in [6.45, 7) is 2.29. The van der Waals surface area contributed by atoms with Crippen LogP contribution in [0.3, 0.4) is 0 Å². The Kier molecular flexibility index (Phi) is 4.55. The maximum Gasteiger partial charge on any atom is 0.488 e. The molecule has 102 valence electrons. The average Bonchev–Trinajstić information content (AvgIpc) is 2.45. The van der Waals surface area contributed by atoms with Gasteiger partial charge in [0.1, 0.15) is 0 Å². The molecule has 1 amide bonds. The summed E-state index contributed by atoms with van der Waals surface area (Å²) in [6.07, 6.45) is 0. The largest absolute Gasteiger partial charge is 0.488 e. The van der Waals surface area contributed by atoms with E-state index in [1.54, 1.807) is 30.3 Å². The van der Waals surface area contributed by atoms with Crippen LogP contribution in [0.1, 0.15) is 21.5 Å². The molecule has 0 atom stereocenters. The number of amides is 1. The van der Waals surface area contributed by atoms with Crippen LogP contribution < -0.4 is 10.8 Å². The van der Waals surface area contributed by atoms with Gasteiger partial charge in [-0.3, -0.25) is 4.79 Å². The van der Waals surface area contributed by atoms with Crippen molar-refractivity contribution in [3.05, 3.63) is 65.2 Å². The van der Waals surface area contributed by atoms with E-state index < -0.39 is 7.12 Å². The smallest absolute Gasteiger partial charge is 0.423 e. The Labute approximate surface area is 118 Å². The van der Waals surface area contributed by atoms with Crippen molar-refractivity contribution in [2.75, 3.05) is 0 Å². The summed E-state index contributed by atoms with van der Waals surface area (Å²) in [5, 5.41) is 20.8. The summed E-state index contributed by atoms with van der Waals surface area (Å²) in [5.41, 5.74) is 2.92. The van der Waals surface area contributed by atoms with Gasteiger partial charge in [0.2, 0.25) is 0 Å². The molecule has 0 aliphatic rings. The summed E-state index contributed by atoms with van der Waals surface area (Å²) in [5.74, 6) is -0.116. The van der Waals surface area contributed by atoms with Gasteiger partial charge in [-0.1, -0.05) is 42.5 Å². The Hall–Kier alpha value is -2.11. The summed E-state index contributed by atoms with van der Waals surface area (Å²) in [4.78, 5) is 12.0. The van der Waals surface area contributed by atoms with E-state index in [1.807, 2.05) is 25.1 Å². The molecule has 0 spiro atoms. The van der Waals surface area contributed by atoms with E-state index in [-0.39, 0.29) is 5.91 Å². The van der Waals surface area contributed by atoms with Crippen LogP contribution in [0.5, 0.6) is 0 Å². The van der Waals surface area contributed by atoms with Crippen LogP contribution in [0.4, 0.5) is 0 Å². The van der Waals surface area contributed by atoms with Crippen molar-refractivity contribution in [3.63, 3.8) is 0 Å². The Morgan fingerprint density at radius 1 is 1.10 bits per heavy atom. The van der Waals surface area contributed by atoms with Crippen LogP contribution in [-0.4, -0.2) is 23.1 Å². The average molecular weight is 269 g/mol. The van der Waals surface area contributed by atoms with Gasteiger partial charge in [-0.05, 0) is 29.6 Å². The molecular weight excluding hydrogens is 253 g/mol. The maximum atomic E-state index is 12.0. The highest BCUT2D eigenvalue weighted by Crippen LogP contribution is 2.07. The van der Waals surface area contributed by atoms with Gasteiger partial charge in [0.05, 0.1) is 0 Å². The first-order chi connectivity index (χ1) is 9.58. The maximum absolute atomic E-state index is 12.0. The third kappa shape index (κ3) is 3.47. The highest BCUT2D eigenvalue weighted by Gasteiger charge is 2.10. The molecule has 2 aromatic carbocycles. The van der Waals surface area contributed by atoms with E-state index >= 15 is 0 Å². The van der Waals surface area contributed by atoms with Crippen molar-refractivity contribution in [2.24, 2.45) is 0 Å². The van der Waals surface area contributed by atoms with E-state index in [0.717, 1.165) is 11.1 Å². The topological polar surface area (TPSA) is 69.6 Å². The molecular formula is C15H16BNO3. The van der Waals surface area contributed by atoms with E-state index in [0.29, 0.717) is 17.6 Å². The fraction of sp³-hybridized carbons (Fsp3) is 0.133. The highest BCUT2D eigenvalue weighted by atomic mass is 16.4. The van der Waals surface area contributed by atoms with Crippen LogP contribution in [0.2, 0.25) is 0 Å². The molecule has 3 N–H and O–H groups in total. The number of hydrogen-bond acceptors (Lipinski definition) is 3. The minimum Gasteiger partial charge on any atom is -0.423 e. The Balaban J connectivity index is 1.98. The zero-order valence-corrected chi connectivity index (χ0v) is 11.2. The van der Waals surface area contributed by atoms with Crippen LogP contribution in [0.25, 0.3) is 0 Å². The van der Waals surface area contributed by atoms with Crippen molar-refractivity contribution >= 4 is 18.5 Å². The van der Waals surface area contributed by atoms with Gasteiger partial charge in [0.25, 0.3) is 5.91 Å². The summed E-state index contributed by atoms with van der Waals surface area (Å²) in [7, 11) is -1.47. The fourth-order valence-corrected chi connectivity index (χ4v) is 1.91. The number of aryl methyl sites for hydroxylation is 1. The van der Waals surface area contributed by atoms with Crippen LogP contribution in [0.15, 0.2) is 48.5 Å². The molecule has 0 fully saturated rings. The molecule has 0 bridgehead atoms. The molecule has 4 nitrogen and oxygen atoms in total. The second-order valence-corrected chi connectivity index (χ2v) is 4.61. The van der Waals surface area contributed by atoms with E-state index in [2.05, 4.69) is 5.32 Å². The molecule has 0 aromatic heterocycles. The minimum atomic E-state index is -1.47. The molecule has 2 rings (SSSR count). The number of benzene rings is 2. The lowest BCUT2D eigenvalue weighted by Gasteiger charge is -2.08. The molecule has 0 radical (unpaired) electrons. The minimum absolute atomic E-state index is 0.116. The lowest BCUT2D eigenvalue weighted by atomic mass is 9.80. The second kappa shape index (κ2) is 6.37. The number of hydrogen-bond donors (Lipinski definition) is 3. The van der Waals surface area contributed by atoms with Crippen molar-refractivity contribution in [1.82, 2.24) is 5.32 Å². The standard InChI is InChI=1S/C15H16BNO3/c1-11-4-2-3-5-14(11)15(18)17-10-12-6-8-13(9-7-12)16(19)20/h2-9,19-20H,10H2,1H3,(H,17,18). The van der Waals surface area contributed by atoms with Crippen LogP contribution >= 0.6 is 0 Å². The lowest BCUT2D eigenvalue weighted by molar-refractivity contribution is 0.0950. The third-order valence-corrected chi connectivity index (χ3v) is 3.12. The van der Waals surface area contributed by atoms with Gasteiger partial charge in [-0.25, -0.2) is 0 Å². The molecule has 0 unspecified atom stereocenters. The van der Waals surface area contributed by atoms with Gasteiger partial charge >= 0.3 is 7.12 Å². The third-order valence-electron chi connectivity index (χ3n) is 3.12. The van der Waals surface area contributed by atoms with Crippen molar-refractivity contribution < 1.29 is 14.8 Å². The monoisotopic (exact) mass is 269 g/mol. The predicted molar refractivity (Wildman–Crippen MR) is 78.6 cm³/mol. The normalized spacial score (nSPS) is 10.2. The van der Waals surface area contributed by atoms with E-state index in [4.69, 9.17) is 10.0 Å². The first kappa shape index (κ1) is 14.3. The zero-order chi connectivity index (χ0) is 14.5. The number of carbonyl (C=O) groups is 1. The van der Waals surface area contributed by atoms with Gasteiger partial charge < -0.3 is 15.4 Å². The van der Waals surface area contributed by atoms with Crippen molar-refractivity contribution in [2.45, 2.75) is 13.5 Å². The van der Waals surface area contributed by atoms with Gasteiger partial charge in [0, 0.05) is 12.1 Å². The van der Waals surface area contributed by atoms with Gasteiger partial charge in [-0.15, -0.1) is 0 Å². The predicted octanol–water partition coefficient (Wildman–Crippen LogP) is 0.605. The number of carbonyl (C=O) groups excluding carboxylic acids is 1. The first-order valence-corrected chi connectivity index (χ1v) is 6.37. The number of rotatable bonds is 4. The second-order valence-electron chi connectivity index (χ2n) is 4.61. The summed E-state index contributed by atoms with van der Waals surface area (Å²) < 4.78 is 0. The molecule has 2 aromatic rings. The Morgan fingerprint density at radius 3 is 2.35 bits per heavy atom. The number of nitrogens with one attached hydrogen (secondary N) is 1. The molecule has 0 saturated heterocycles. The van der Waals surface area contributed by atoms with Gasteiger partial charge in [0.15, 0.2) is 0 Å². The summed E-state index contributed by atoms with van der Waals surface area (Å²) in [6, 6.07) is 14.2. The van der Waals surface area contributed by atoms with Gasteiger partial charge in [-0.2, -0.15) is 0 Å². The molecule has 0 aliphatic heterocycles. The highest BCUT2D eigenvalue weighted by molar-refractivity contribution is 6.58. The van der Waals surface area contributed by atoms with Crippen molar-refractivity contribution in [1.29, 1.82) is 0 Å². The Morgan fingerprint density at radius 2 is 1.75 bits per heavy atom. The van der Waals surface area contributed by atoms with E-state index in [1.165, 1.54) is 0 Å². The lowest BCUT2D eigenvalue weighted by Crippen LogP contribution is -2.30. The Bertz CT molecular complexity index is 596. The zero-order valence-electron chi connectivity index (χ0n) is 11.2.